The van der Waals surface area contributed by atoms with Crippen molar-refractivity contribution in [2.45, 2.75) is 25.4 Å². The molecule has 2 aliphatic carbocycles. The highest BCUT2D eigenvalue weighted by molar-refractivity contribution is 9.10. The SMILES string of the molecule is C=CC1C(N=CC2CC2)=CC=C(Nc2nc(NC/C=C/C)ncc2Br)C1P(C)(C)=O. The molecule has 0 bridgehead atoms. The zero-order chi connectivity index (χ0) is 21.7. The van der Waals surface area contributed by atoms with E-state index >= 15 is 0 Å². The molecule has 1 heterocycles. The van der Waals surface area contributed by atoms with Crippen LogP contribution >= 0.6 is 23.1 Å². The fourth-order valence-corrected chi connectivity index (χ4v) is 5.50. The minimum absolute atomic E-state index is 0.124. The minimum Gasteiger partial charge on any atom is -0.351 e. The van der Waals surface area contributed by atoms with Crippen LogP contribution in [0.4, 0.5) is 11.8 Å². The summed E-state index contributed by atoms with van der Waals surface area (Å²) in [5, 5.41) is 6.55. The summed E-state index contributed by atoms with van der Waals surface area (Å²) in [6, 6.07) is 0. The monoisotopic (exact) mass is 489 g/mol. The van der Waals surface area contributed by atoms with Gasteiger partial charge in [-0.05, 0) is 67.1 Å². The zero-order valence-electron chi connectivity index (χ0n) is 17.7. The lowest BCUT2D eigenvalue weighted by atomic mass is 9.94. The van der Waals surface area contributed by atoms with Gasteiger partial charge < -0.3 is 15.2 Å². The summed E-state index contributed by atoms with van der Waals surface area (Å²) in [6.45, 7) is 10.3. The van der Waals surface area contributed by atoms with Crippen LogP contribution in [0.5, 0.6) is 0 Å². The Labute approximate surface area is 187 Å². The largest absolute Gasteiger partial charge is 0.351 e. The molecule has 0 aliphatic heterocycles. The molecule has 1 aromatic heterocycles. The molecule has 1 fully saturated rings. The van der Waals surface area contributed by atoms with E-state index in [1.165, 1.54) is 12.8 Å². The quantitative estimate of drug-likeness (QED) is 0.264. The van der Waals surface area contributed by atoms with Gasteiger partial charge in [-0.25, -0.2) is 4.98 Å². The predicted molar refractivity (Wildman–Crippen MR) is 131 cm³/mol. The van der Waals surface area contributed by atoms with Gasteiger partial charge in [0, 0.05) is 36.3 Å². The molecule has 8 heteroatoms. The first kappa shape index (κ1) is 22.7. The van der Waals surface area contributed by atoms with Crippen molar-refractivity contribution in [3.05, 3.63) is 59.0 Å². The third-order valence-electron chi connectivity index (χ3n) is 5.03. The van der Waals surface area contributed by atoms with Gasteiger partial charge >= 0.3 is 0 Å². The Morgan fingerprint density at radius 2 is 2.13 bits per heavy atom. The van der Waals surface area contributed by atoms with Crippen LogP contribution in [0.3, 0.4) is 0 Å². The number of hydrogen-bond donors (Lipinski definition) is 2. The maximum atomic E-state index is 13.3. The van der Waals surface area contributed by atoms with Crippen molar-refractivity contribution >= 4 is 41.1 Å². The van der Waals surface area contributed by atoms with Gasteiger partial charge in [0.2, 0.25) is 5.95 Å². The topological polar surface area (TPSA) is 79.3 Å². The second kappa shape index (κ2) is 9.88. The van der Waals surface area contributed by atoms with Crippen LogP contribution < -0.4 is 10.6 Å². The van der Waals surface area contributed by atoms with E-state index in [9.17, 15) is 4.57 Å². The Balaban J connectivity index is 1.91. The van der Waals surface area contributed by atoms with Gasteiger partial charge in [-0.1, -0.05) is 18.2 Å². The van der Waals surface area contributed by atoms with E-state index in [1.807, 2.05) is 56.8 Å². The second-order valence-corrected chi connectivity index (χ2v) is 12.2. The molecule has 0 radical (unpaired) electrons. The summed E-state index contributed by atoms with van der Waals surface area (Å²) >= 11 is 3.52. The smallest absolute Gasteiger partial charge is 0.224 e. The summed E-state index contributed by atoms with van der Waals surface area (Å²) in [6.07, 6.45) is 15.9. The van der Waals surface area contributed by atoms with Gasteiger partial charge in [0.05, 0.1) is 17.3 Å². The summed E-state index contributed by atoms with van der Waals surface area (Å²) in [5.74, 6) is 1.60. The van der Waals surface area contributed by atoms with Crippen LogP contribution in [-0.2, 0) is 4.57 Å². The predicted octanol–water partition coefficient (Wildman–Crippen LogP) is 5.69. The van der Waals surface area contributed by atoms with Crippen molar-refractivity contribution in [2.75, 3.05) is 30.5 Å². The van der Waals surface area contributed by atoms with Crippen LogP contribution in [0.2, 0.25) is 0 Å². The summed E-state index contributed by atoms with van der Waals surface area (Å²) in [7, 11) is -2.52. The number of nitrogens with one attached hydrogen (secondary N) is 2. The molecule has 0 saturated heterocycles. The van der Waals surface area contributed by atoms with E-state index in [-0.39, 0.29) is 11.6 Å². The minimum atomic E-state index is -2.52. The van der Waals surface area contributed by atoms with E-state index < -0.39 is 7.14 Å². The van der Waals surface area contributed by atoms with Crippen LogP contribution in [-0.4, -0.2) is 41.7 Å². The molecular formula is C22H29BrN5OP. The third kappa shape index (κ3) is 5.79. The van der Waals surface area contributed by atoms with Crippen molar-refractivity contribution in [1.29, 1.82) is 0 Å². The van der Waals surface area contributed by atoms with Gasteiger partial charge in [0.15, 0.2) is 0 Å². The number of aliphatic imine (C=N–C) groups is 1. The lowest BCUT2D eigenvalue weighted by molar-refractivity contribution is 0.565. The number of rotatable bonds is 9. The summed E-state index contributed by atoms with van der Waals surface area (Å²) in [4.78, 5) is 13.6. The highest BCUT2D eigenvalue weighted by Crippen LogP contribution is 2.53. The van der Waals surface area contributed by atoms with E-state index in [2.05, 4.69) is 43.1 Å². The highest BCUT2D eigenvalue weighted by Gasteiger charge is 2.37. The average molecular weight is 490 g/mol. The summed E-state index contributed by atoms with van der Waals surface area (Å²) < 4.78 is 14.0. The molecule has 2 unspecified atom stereocenters. The van der Waals surface area contributed by atoms with Gasteiger partial charge in [0.25, 0.3) is 0 Å². The zero-order valence-corrected chi connectivity index (χ0v) is 20.2. The molecule has 0 amide bonds. The standard InChI is InChI=1S/C22H29BrN5OP/c1-5-7-12-24-22-26-14-17(23)21(28-22)27-19-11-10-18(25-13-15-8-9-15)16(6-2)20(19)30(3,4)29/h5-7,10-11,13-16,20H,2,8-9,12H2,1,3-4H3,(H2,24,26,27,28)/b7-5+,25-13?. The molecule has 3 rings (SSSR count). The van der Waals surface area contributed by atoms with Gasteiger partial charge in [-0.3, -0.25) is 4.99 Å². The number of nitrogens with zero attached hydrogens (tertiary/aromatic N) is 3. The number of halogens is 1. The van der Waals surface area contributed by atoms with Gasteiger partial charge in [0.1, 0.15) is 5.82 Å². The first-order valence-corrected chi connectivity index (χ1v) is 13.6. The second-order valence-electron chi connectivity index (χ2n) is 7.93. The Kier molecular flexibility index (Phi) is 7.48. The number of anilines is 2. The van der Waals surface area contributed by atoms with E-state index in [1.54, 1.807) is 6.20 Å². The fourth-order valence-electron chi connectivity index (χ4n) is 3.34. The first-order valence-electron chi connectivity index (χ1n) is 10.1. The molecule has 2 atom stereocenters. The highest BCUT2D eigenvalue weighted by atomic mass is 79.9. The van der Waals surface area contributed by atoms with Crippen molar-refractivity contribution < 1.29 is 4.57 Å². The molecule has 1 aromatic rings. The van der Waals surface area contributed by atoms with E-state index in [0.717, 1.165) is 15.9 Å². The average Bonchev–Trinajstić information content (AvgIpc) is 3.52. The molecule has 0 spiro atoms. The molecule has 1 saturated carbocycles. The lowest BCUT2D eigenvalue weighted by Crippen LogP contribution is -2.29. The number of allylic oxidation sites excluding steroid dienone is 5. The van der Waals surface area contributed by atoms with E-state index in [4.69, 9.17) is 4.99 Å². The van der Waals surface area contributed by atoms with Crippen LogP contribution in [0.1, 0.15) is 19.8 Å². The van der Waals surface area contributed by atoms with Crippen molar-refractivity contribution in [3.8, 4) is 0 Å². The molecule has 0 aromatic carbocycles. The van der Waals surface area contributed by atoms with Gasteiger partial charge in [-0.2, -0.15) is 4.98 Å². The van der Waals surface area contributed by atoms with Crippen molar-refractivity contribution in [3.63, 3.8) is 0 Å². The molecule has 2 aliphatic rings. The Morgan fingerprint density at radius 3 is 2.77 bits per heavy atom. The van der Waals surface area contributed by atoms with Gasteiger partial charge in [-0.15, -0.1) is 6.58 Å². The molecule has 6 nitrogen and oxygen atoms in total. The van der Waals surface area contributed by atoms with Crippen molar-refractivity contribution in [1.82, 2.24) is 9.97 Å². The van der Waals surface area contributed by atoms with Crippen LogP contribution in [0.15, 0.2) is 64.0 Å². The van der Waals surface area contributed by atoms with Crippen LogP contribution in [0.25, 0.3) is 0 Å². The molecule has 2 N–H and O–H groups in total. The fraction of sp³-hybridized carbons (Fsp3) is 0.409. The van der Waals surface area contributed by atoms with Crippen LogP contribution in [0, 0.1) is 11.8 Å². The maximum Gasteiger partial charge on any atom is 0.224 e. The van der Waals surface area contributed by atoms with E-state index in [0.29, 0.717) is 24.2 Å². The summed E-state index contributed by atoms with van der Waals surface area (Å²) in [5.41, 5.74) is 1.51. The number of hydrogen-bond acceptors (Lipinski definition) is 6. The molecule has 30 heavy (non-hydrogen) atoms. The molecule has 160 valence electrons. The van der Waals surface area contributed by atoms with Crippen molar-refractivity contribution in [2.24, 2.45) is 16.8 Å². The number of aromatic nitrogens is 2. The Morgan fingerprint density at radius 1 is 1.37 bits per heavy atom. The molecular weight excluding hydrogens is 461 g/mol. The Hall–Kier alpha value is -1.98. The Bertz CT molecular complexity index is 958. The third-order valence-corrected chi connectivity index (χ3v) is 7.55. The normalized spacial score (nSPS) is 22.1. The lowest BCUT2D eigenvalue weighted by Gasteiger charge is -2.33. The maximum absolute atomic E-state index is 13.3. The first-order chi connectivity index (χ1) is 14.3.